The van der Waals surface area contributed by atoms with Crippen molar-refractivity contribution < 1.29 is 14.3 Å². The number of nitrogens with zero attached hydrogens (tertiary/aromatic N) is 1. The number of rotatable bonds is 4. The molecule has 0 aliphatic heterocycles. The Labute approximate surface area is 69.7 Å². The van der Waals surface area contributed by atoms with Gasteiger partial charge in [-0.15, -0.1) is 0 Å². The average molecular weight is 170 g/mol. The Morgan fingerprint density at radius 1 is 1.58 bits per heavy atom. The van der Waals surface area contributed by atoms with Gasteiger partial charge in [-0.2, -0.15) is 5.10 Å². The highest BCUT2D eigenvalue weighted by atomic mass is 16.7. The summed E-state index contributed by atoms with van der Waals surface area (Å²) in [7, 11) is 3.02. The lowest BCUT2D eigenvalue weighted by atomic mass is 10.3. The molecule has 5 nitrogen and oxygen atoms in total. The molecule has 0 fully saturated rings. The van der Waals surface area contributed by atoms with Gasteiger partial charge in [0, 0.05) is 14.2 Å². The lowest BCUT2D eigenvalue weighted by molar-refractivity contribution is -0.108. The Kier molecular flexibility index (Phi) is 2.95. The summed E-state index contributed by atoms with van der Waals surface area (Å²) in [6.45, 7) is 0. The molecular formula is C7H10N2O3. The van der Waals surface area contributed by atoms with E-state index in [0.717, 1.165) is 0 Å². The molecule has 1 rings (SSSR count). The summed E-state index contributed by atoms with van der Waals surface area (Å²) >= 11 is 0. The fraction of sp³-hybridized carbons (Fsp3) is 0.429. The maximum absolute atomic E-state index is 10.3. The van der Waals surface area contributed by atoms with E-state index in [1.165, 1.54) is 14.2 Å². The number of aromatic amines is 1. The summed E-state index contributed by atoms with van der Waals surface area (Å²) in [4.78, 5) is 10.3. The van der Waals surface area contributed by atoms with Gasteiger partial charge >= 0.3 is 0 Å². The van der Waals surface area contributed by atoms with Gasteiger partial charge in [0.2, 0.25) is 0 Å². The molecule has 1 aromatic rings. The summed E-state index contributed by atoms with van der Waals surface area (Å²) in [5.41, 5.74) is 0.964. The van der Waals surface area contributed by atoms with E-state index in [1.54, 1.807) is 6.07 Å². The van der Waals surface area contributed by atoms with Crippen LogP contribution in [0.3, 0.4) is 0 Å². The molecule has 0 saturated heterocycles. The summed E-state index contributed by atoms with van der Waals surface area (Å²) < 4.78 is 9.87. The quantitative estimate of drug-likeness (QED) is 0.528. The molecule has 0 aliphatic carbocycles. The van der Waals surface area contributed by atoms with E-state index < -0.39 is 6.29 Å². The number of carbonyl (C=O) groups is 1. The van der Waals surface area contributed by atoms with Gasteiger partial charge in [0.25, 0.3) is 0 Å². The molecule has 0 bridgehead atoms. The molecule has 0 aliphatic rings. The first-order valence-corrected chi connectivity index (χ1v) is 3.38. The van der Waals surface area contributed by atoms with Crippen molar-refractivity contribution in [3.8, 4) is 0 Å². The topological polar surface area (TPSA) is 64.2 Å². The second-order valence-corrected chi connectivity index (χ2v) is 2.17. The van der Waals surface area contributed by atoms with Crippen molar-refractivity contribution in [2.24, 2.45) is 0 Å². The van der Waals surface area contributed by atoms with Crippen LogP contribution in [0.2, 0.25) is 0 Å². The third kappa shape index (κ3) is 1.69. The van der Waals surface area contributed by atoms with Gasteiger partial charge in [0.15, 0.2) is 12.6 Å². The van der Waals surface area contributed by atoms with Crippen LogP contribution in [-0.4, -0.2) is 30.7 Å². The maximum atomic E-state index is 10.3. The van der Waals surface area contributed by atoms with Crippen molar-refractivity contribution in [2.45, 2.75) is 6.29 Å². The molecule has 0 atom stereocenters. The molecule has 1 heterocycles. The highest BCUT2D eigenvalue weighted by Crippen LogP contribution is 2.14. The van der Waals surface area contributed by atoms with Crippen LogP contribution >= 0.6 is 0 Å². The van der Waals surface area contributed by atoms with Gasteiger partial charge in [0.1, 0.15) is 5.69 Å². The second kappa shape index (κ2) is 3.99. The van der Waals surface area contributed by atoms with E-state index in [0.29, 0.717) is 17.7 Å². The third-order valence-electron chi connectivity index (χ3n) is 1.42. The van der Waals surface area contributed by atoms with Crippen LogP contribution < -0.4 is 0 Å². The molecule has 1 aromatic heterocycles. The third-order valence-corrected chi connectivity index (χ3v) is 1.42. The minimum absolute atomic E-state index is 0.337. The van der Waals surface area contributed by atoms with Crippen molar-refractivity contribution in [3.05, 3.63) is 17.5 Å². The van der Waals surface area contributed by atoms with Gasteiger partial charge in [-0.25, -0.2) is 0 Å². The number of hydrogen-bond donors (Lipinski definition) is 1. The molecule has 0 spiro atoms. The number of hydrogen-bond acceptors (Lipinski definition) is 4. The van der Waals surface area contributed by atoms with Crippen LogP contribution in [0.15, 0.2) is 6.07 Å². The smallest absolute Gasteiger partial charge is 0.199 e. The van der Waals surface area contributed by atoms with Gasteiger partial charge in [0.05, 0.1) is 5.69 Å². The van der Waals surface area contributed by atoms with Crippen LogP contribution in [0.1, 0.15) is 22.5 Å². The van der Waals surface area contributed by atoms with Gasteiger partial charge in [-0.3, -0.25) is 9.89 Å². The summed E-state index contributed by atoms with van der Waals surface area (Å²) in [5.74, 6) is 0. The number of carbonyl (C=O) groups excluding carboxylic acids is 1. The number of aromatic nitrogens is 2. The van der Waals surface area contributed by atoms with E-state index in [4.69, 9.17) is 9.47 Å². The highest BCUT2D eigenvalue weighted by Gasteiger charge is 2.11. The number of nitrogens with one attached hydrogen (secondary N) is 1. The summed E-state index contributed by atoms with van der Waals surface area (Å²) in [6.07, 6.45) is 0.161. The minimum Gasteiger partial charge on any atom is -0.350 e. The van der Waals surface area contributed by atoms with E-state index in [-0.39, 0.29) is 0 Å². The zero-order valence-corrected chi connectivity index (χ0v) is 6.90. The SMILES string of the molecule is COC(OC)c1cc(C=O)n[nH]1. The molecule has 1 N–H and O–H groups in total. The maximum Gasteiger partial charge on any atom is 0.199 e. The van der Waals surface area contributed by atoms with Crippen molar-refractivity contribution in [3.63, 3.8) is 0 Å². The summed E-state index contributed by atoms with van der Waals surface area (Å²) in [5, 5.41) is 6.33. The number of aldehydes is 1. The van der Waals surface area contributed by atoms with Crippen LogP contribution in [-0.2, 0) is 9.47 Å². The van der Waals surface area contributed by atoms with Crippen LogP contribution in [0, 0.1) is 0 Å². The molecule has 5 heteroatoms. The Hall–Kier alpha value is -1.20. The predicted molar refractivity (Wildman–Crippen MR) is 40.7 cm³/mol. The Morgan fingerprint density at radius 2 is 2.25 bits per heavy atom. The molecule has 66 valence electrons. The highest BCUT2D eigenvalue weighted by molar-refractivity contribution is 5.71. The molecule has 12 heavy (non-hydrogen) atoms. The molecule has 0 aromatic carbocycles. The number of methoxy groups -OCH3 is 2. The second-order valence-electron chi connectivity index (χ2n) is 2.17. The van der Waals surface area contributed by atoms with Gasteiger partial charge in [-0.1, -0.05) is 0 Å². The molecular weight excluding hydrogens is 160 g/mol. The van der Waals surface area contributed by atoms with E-state index in [2.05, 4.69) is 10.2 Å². The van der Waals surface area contributed by atoms with E-state index in [1.807, 2.05) is 0 Å². The minimum atomic E-state index is -0.494. The van der Waals surface area contributed by atoms with Crippen molar-refractivity contribution in [1.29, 1.82) is 0 Å². The van der Waals surface area contributed by atoms with Gasteiger partial charge in [-0.05, 0) is 6.07 Å². The van der Waals surface area contributed by atoms with E-state index in [9.17, 15) is 4.79 Å². The molecule has 0 saturated carbocycles. The van der Waals surface area contributed by atoms with E-state index >= 15 is 0 Å². The lowest BCUT2D eigenvalue weighted by Crippen LogP contribution is -2.03. The first-order valence-electron chi connectivity index (χ1n) is 3.38. The van der Waals surface area contributed by atoms with Crippen LogP contribution in [0.5, 0.6) is 0 Å². The predicted octanol–water partition coefficient (Wildman–Crippen LogP) is 0.514. The largest absolute Gasteiger partial charge is 0.350 e. The zero-order valence-electron chi connectivity index (χ0n) is 6.90. The molecule has 0 unspecified atom stereocenters. The fourth-order valence-electron chi connectivity index (χ4n) is 0.884. The first-order chi connectivity index (χ1) is 5.81. The van der Waals surface area contributed by atoms with Crippen LogP contribution in [0.25, 0.3) is 0 Å². The van der Waals surface area contributed by atoms with Crippen LogP contribution in [0.4, 0.5) is 0 Å². The van der Waals surface area contributed by atoms with Crippen molar-refractivity contribution in [1.82, 2.24) is 10.2 Å². The zero-order chi connectivity index (χ0) is 8.97. The van der Waals surface area contributed by atoms with Gasteiger partial charge < -0.3 is 9.47 Å². The molecule has 0 amide bonds. The van der Waals surface area contributed by atoms with Crippen molar-refractivity contribution in [2.75, 3.05) is 14.2 Å². The monoisotopic (exact) mass is 170 g/mol. The number of H-pyrrole nitrogens is 1. The first kappa shape index (κ1) is 8.89. The summed E-state index contributed by atoms with van der Waals surface area (Å²) in [6, 6.07) is 1.57. The Balaban J connectivity index is 2.79. The Bertz CT molecular complexity index is 255. The molecule has 0 radical (unpaired) electrons. The standard InChI is InChI=1S/C7H10N2O3/c1-11-7(12-2)6-3-5(4-10)8-9-6/h3-4,7H,1-2H3,(H,8,9). The average Bonchev–Trinajstić information content (AvgIpc) is 2.55. The Morgan fingerprint density at radius 3 is 2.67 bits per heavy atom. The normalized spacial score (nSPS) is 10.6. The lowest BCUT2D eigenvalue weighted by Gasteiger charge is -2.09. The van der Waals surface area contributed by atoms with Crippen molar-refractivity contribution >= 4 is 6.29 Å². The fourth-order valence-corrected chi connectivity index (χ4v) is 0.884. The number of ether oxygens (including phenoxy) is 2.